The smallest absolute Gasteiger partial charge is 0.296 e. The Hall–Kier alpha value is -3.68. The number of hydrogen-bond donors (Lipinski definition) is 0. The Morgan fingerprint density at radius 3 is 1.91 bits per heavy atom. The summed E-state index contributed by atoms with van der Waals surface area (Å²) in [6, 6.07) is 8.97. The predicted octanol–water partition coefficient (Wildman–Crippen LogP) is 6.43. The van der Waals surface area contributed by atoms with Crippen molar-refractivity contribution < 1.29 is 17.8 Å². The third kappa shape index (κ3) is 6.94. The predicted molar refractivity (Wildman–Crippen MR) is 157 cm³/mol. The highest BCUT2D eigenvalue weighted by molar-refractivity contribution is 6.31. The van der Waals surface area contributed by atoms with Gasteiger partial charge in [-0.1, -0.05) is 58.5 Å². The van der Waals surface area contributed by atoms with Crippen LogP contribution in [0, 0.1) is 34.8 Å². The maximum absolute atomic E-state index is 14.0. The van der Waals surface area contributed by atoms with E-state index in [9.17, 15) is 18.4 Å². The topological polar surface area (TPSA) is 96.1 Å². The lowest BCUT2D eigenvalue weighted by Crippen LogP contribution is -2.29. The zero-order chi connectivity index (χ0) is 30.6. The van der Waals surface area contributed by atoms with Gasteiger partial charge in [0, 0.05) is 47.0 Å². The molecule has 0 saturated heterocycles. The summed E-state index contributed by atoms with van der Waals surface area (Å²) in [6.45, 7) is 2.69. The summed E-state index contributed by atoms with van der Waals surface area (Å²) >= 11 is 12.0. The van der Waals surface area contributed by atoms with Crippen molar-refractivity contribution in [3.8, 4) is 11.8 Å². The minimum Gasteiger partial charge on any atom is -0.296 e. The van der Waals surface area contributed by atoms with E-state index in [4.69, 9.17) is 27.7 Å². The minimum absolute atomic E-state index is 0.0745. The first kappa shape index (κ1) is 30.8. The van der Waals surface area contributed by atoms with Crippen molar-refractivity contribution in [1.82, 2.24) is 19.4 Å². The molecule has 2 aliphatic carbocycles. The summed E-state index contributed by atoms with van der Waals surface area (Å²) in [7, 11) is 0. The molecule has 2 heterocycles. The van der Waals surface area contributed by atoms with Gasteiger partial charge in [-0.2, -0.15) is 0 Å². The first-order chi connectivity index (χ1) is 20.7. The molecule has 2 fully saturated rings. The molecule has 2 bridgehead atoms. The van der Waals surface area contributed by atoms with E-state index in [1.54, 1.807) is 22.8 Å². The summed E-state index contributed by atoms with van der Waals surface area (Å²) in [4.78, 5) is 23.6. The van der Waals surface area contributed by atoms with Crippen molar-refractivity contribution in [2.75, 3.05) is 0 Å². The molecule has 2 saturated carbocycles. The standard InChI is InChI=1S/C17H18ClFN2O2.C14H12ClFN2O2/c18-13-2-1-3-14(19)12(13)8-15-20-23-16(22)21(15)10-17-6-4-11(9-17)5-7-17;1-2-3-4-8-18-13(17-20-14(18)19)9-10-11(15)6-5-7-12(10)16/h1-3,11H,4-10H2;5-7H,2,8-9H2,1H3. The van der Waals surface area contributed by atoms with Gasteiger partial charge in [0.25, 0.3) is 0 Å². The molecule has 0 N–H and O–H groups in total. The Kier molecular flexibility index (Phi) is 9.52. The van der Waals surface area contributed by atoms with E-state index in [0.717, 1.165) is 18.8 Å². The summed E-state index contributed by atoms with van der Waals surface area (Å²) in [6.07, 6.45) is 6.88. The van der Waals surface area contributed by atoms with Gasteiger partial charge < -0.3 is 0 Å². The second-order valence-corrected chi connectivity index (χ2v) is 11.8. The van der Waals surface area contributed by atoms with Gasteiger partial charge in [-0.05, 0) is 67.7 Å². The van der Waals surface area contributed by atoms with Crippen molar-refractivity contribution in [3.05, 3.63) is 102 Å². The van der Waals surface area contributed by atoms with Gasteiger partial charge in [0.05, 0.1) is 6.54 Å². The van der Waals surface area contributed by atoms with Crippen molar-refractivity contribution in [3.63, 3.8) is 0 Å². The van der Waals surface area contributed by atoms with Crippen LogP contribution in [0.3, 0.4) is 0 Å². The molecule has 43 heavy (non-hydrogen) atoms. The van der Waals surface area contributed by atoms with Gasteiger partial charge >= 0.3 is 11.5 Å². The second kappa shape index (κ2) is 13.3. The van der Waals surface area contributed by atoms with Crippen LogP contribution >= 0.6 is 23.2 Å². The highest BCUT2D eigenvalue weighted by Gasteiger charge is 2.45. The molecule has 6 rings (SSSR count). The minimum atomic E-state index is -0.613. The molecule has 12 heteroatoms. The third-order valence-electron chi connectivity index (χ3n) is 8.24. The van der Waals surface area contributed by atoms with Gasteiger partial charge in [-0.3, -0.25) is 13.6 Å². The van der Waals surface area contributed by atoms with Gasteiger partial charge in [0.2, 0.25) is 0 Å². The maximum atomic E-state index is 14.0. The number of benzene rings is 2. The van der Waals surface area contributed by atoms with Gasteiger partial charge in [-0.15, -0.1) is 5.92 Å². The molecular weight excluding hydrogens is 601 g/mol. The normalized spacial score (nSPS) is 18.7. The SMILES string of the molecule is CCC#CCn1c(Cc2c(F)cccc2Cl)noc1=O.O=c1onc(Cc2c(F)cccc2Cl)n1CC12CCC(CC1)C2. The third-order valence-corrected chi connectivity index (χ3v) is 8.94. The number of fused-ring (bicyclic) bond motifs is 2. The molecule has 4 aromatic rings. The van der Waals surface area contributed by atoms with Crippen molar-refractivity contribution >= 4 is 23.2 Å². The van der Waals surface area contributed by atoms with E-state index in [1.165, 1.54) is 42.0 Å². The highest BCUT2D eigenvalue weighted by atomic mass is 35.5. The van der Waals surface area contributed by atoms with Crippen LogP contribution in [0.15, 0.2) is 55.0 Å². The van der Waals surface area contributed by atoms with Crippen molar-refractivity contribution in [1.29, 1.82) is 0 Å². The Bertz CT molecular complexity index is 1730. The summed E-state index contributed by atoms with van der Waals surface area (Å²) < 4.78 is 40.0. The van der Waals surface area contributed by atoms with Gasteiger partial charge in [0.1, 0.15) is 11.6 Å². The number of rotatable bonds is 7. The number of nitrogens with zero attached hydrogens (tertiary/aromatic N) is 4. The van der Waals surface area contributed by atoms with Crippen LogP contribution in [0.4, 0.5) is 8.78 Å². The van der Waals surface area contributed by atoms with E-state index in [-0.39, 0.29) is 41.2 Å². The zero-order valence-corrected chi connectivity index (χ0v) is 25.1. The van der Waals surface area contributed by atoms with Crippen molar-refractivity contribution in [2.45, 2.75) is 71.4 Å². The fraction of sp³-hybridized carbons (Fsp3) is 0.419. The fourth-order valence-corrected chi connectivity index (χ4v) is 6.47. The molecule has 0 unspecified atom stereocenters. The molecule has 2 aliphatic rings. The van der Waals surface area contributed by atoms with E-state index >= 15 is 0 Å². The lowest BCUT2D eigenvalue weighted by molar-refractivity contribution is 0.237. The van der Waals surface area contributed by atoms with Crippen LogP contribution in [0.5, 0.6) is 0 Å². The van der Waals surface area contributed by atoms with E-state index < -0.39 is 17.3 Å². The van der Waals surface area contributed by atoms with E-state index in [1.807, 2.05) is 6.92 Å². The first-order valence-corrected chi connectivity index (χ1v) is 14.9. The molecule has 0 aliphatic heterocycles. The average molecular weight is 632 g/mol. The number of halogens is 4. The largest absolute Gasteiger partial charge is 0.442 e. The zero-order valence-electron chi connectivity index (χ0n) is 23.5. The van der Waals surface area contributed by atoms with Gasteiger partial charge in [0.15, 0.2) is 11.6 Å². The lowest BCUT2D eigenvalue weighted by atomic mass is 9.84. The highest BCUT2D eigenvalue weighted by Crippen LogP contribution is 2.54. The Balaban J connectivity index is 0.000000173. The molecular formula is C31H30Cl2F2N4O4. The van der Waals surface area contributed by atoms with Crippen LogP contribution in [0.1, 0.15) is 68.2 Å². The molecule has 2 aromatic carbocycles. The van der Waals surface area contributed by atoms with Crippen LogP contribution in [-0.2, 0) is 25.9 Å². The van der Waals surface area contributed by atoms with Crippen molar-refractivity contribution in [2.24, 2.45) is 11.3 Å². The Morgan fingerprint density at radius 2 is 1.42 bits per heavy atom. The van der Waals surface area contributed by atoms with E-state index in [0.29, 0.717) is 35.2 Å². The molecule has 0 spiro atoms. The molecule has 0 radical (unpaired) electrons. The summed E-state index contributed by atoms with van der Waals surface area (Å²) in [5.74, 6) is 5.31. The monoisotopic (exact) mass is 630 g/mol. The Labute approximate surface area is 256 Å². The Morgan fingerprint density at radius 1 is 0.884 bits per heavy atom. The van der Waals surface area contributed by atoms with Gasteiger partial charge in [-0.25, -0.2) is 22.9 Å². The lowest BCUT2D eigenvalue weighted by Gasteiger charge is -2.26. The number of hydrogen-bond acceptors (Lipinski definition) is 6. The van der Waals surface area contributed by atoms with Crippen LogP contribution in [-0.4, -0.2) is 19.4 Å². The molecule has 8 nitrogen and oxygen atoms in total. The van der Waals surface area contributed by atoms with Crippen LogP contribution in [0.2, 0.25) is 10.0 Å². The van der Waals surface area contributed by atoms with Crippen LogP contribution in [0.25, 0.3) is 0 Å². The summed E-state index contributed by atoms with van der Waals surface area (Å²) in [5, 5.41) is 8.14. The summed E-state index contributed by atoms with van der Waals surface area (Å²) in [5.41, 5.74) is 0.817. The maximum Gasteiger partial charge on any atom is 0.442 e. The molecule has 0 atom stereocenters. The second-order valence-electron chi connectivity index (χ2n) is 11.0. The molecule has 226 valence electrons. The molecule has 2 aromatic heterocycles. The fourth-order valence-electron chi connectivity index (χ4n) is 6.01. The van der Waals surface area contributed by atoms with E-state index in [2.05, 4.69) is 26.7 Å². The molecule has 0 amide bonds. The first-order valence-electron chi connectivity index (χ1n) is 14.1. The number of aromatic nitrogens is 4. The quantitative estimate of drug-likeness (QED) is 0.218. The van der Waals surface area contributed by atoms with Crippen LogP contribution < -0.4 is 11.5 Å². The average Bonchev–Trinajstić information content (AvgIpc) is 3.75.